The first-order valence-corrected chi connectivity index (χ1v) is 4.86. The second-order valence-electron chi connectivity index (χ2n) is 3.18. The molecule has 0 aliphatic heterocycles. The van der Waals surface area contributed by atoms with E-state index < -0.39 is 6.10 Å². The number of aliphatic hydroxyl groups excluding tert-OH is 1. The van der Waals surface area contributed by atoms with Gasteiger partial charge in [0.2, 0.25) is 5.75 Å². The van der Waals surface area contributed by atoms with Crippen LogP contribution < -0.4 is 19.9 Å². The molecular weight excluding hydrogens is 210 g/mol. The van der Waals surface area contributed by atoms with Gasteiger partial charge in [0.25, 0.3) is 0 Å². The number of nitrogens with two attached hydrogens (primary N) is 1. The van der Waals surface area contributed by atoms with E-state index in [9.17, 15) is 5.11 Å². The standard InChI is InChI=1S/C11H17NO4/c1-14-9-5-4-7(8(13)6-12)10(15-2)11(9)16-3/h4-5,8,13H,6,12H2,1-3H3/t8-/m1/s1. The fourth-order valence-electron chi connectivity index (χ4n) is 1.51. The molecule has 0 bridgehead atoms. The number of hydrogen-bond acceptors (Lipinski definition) is 5. The molecule has 5 heteroatoms. The van der Waals surface area contributed by atoms with Crippen molar-refractivity contribution in [1.82, 2.24) is 0 Å². The van der Waals surface area contributed by atoms with Crippen molar-refractivity contribution in [2.45, 2.75) is 6.10 Å². The minimum Gasteiger partial charge on any atom is -0.493 e. The van der Waals surface area contributed by atoms with E-state index in [1.165, 1.54) is 21.3 Å². The number of methoxy groups -OCH3 is 3. The summed E-state index contributed by atoms with van der Waals surface area (Å²) in [6.45, 7) is 0.117. The van der Waals surface area contributed by atoms with Crippen LogP contribution >= 0.6 is 0 Å². The van der Waals surface area contributed by atoms with Crippen LogP contribution in [0.5, 0.6) is 17.2 Å². The Kier molecular flexibility index (Phi) is 4.39. The van der Waals surface area contributed by atoms with Crippen LogP contribution in [0.4, 0.5) is 0 Å². The van der Waals surface area contributed by atoms with Crippen LogP contribution in [-0.4, -0.2) is 33.0 Å². The lowest BCUT2D eigenvalue weighted by atomic mass is 10.1. The van der Waals surface area contributed by atoms with E-state index in [0.717, 1.165) is 0 Å². The molecule has 0 amide bonds. The summed E-state index contributed by atoms with van der Waals surface area (Å²) >= 11 is 0. The molecule has 0 aliphatic carbocycles. The normalized spacial score (nSPS) is 12.1. The Balaban J connectivity index is 3.31. The van der Waals surface area contributed by atoms with Crippen molar-refractivity contribution in [1.29, 1.82) is 0 Å². The molecule has 0 saturated heterocycles. The third kappa shape index (κ3) is 2.20. The summed E-state index contributed by atoms with van der Waals surface area (Å²) in [6, 6.07) is 3.41. The minimum absolute atomic E-state index is 0.117. The molecule has 1 aromatic carbocycles. The molecule has 5 nitrogen and oxygen atoms in total. The largest absolute Gasteiger partial charge is 0.493 e. The summed E-state index contributed by atoms with van der Waals surface area (Å²) in [4.78, 5) is 0. The quantitative estimate of drug-likeness (QED) is 0.774. The zero-order valence-electron chi connectivity index (χ0n) is 9.69. The first-order chi connectivity index (χ1) is 7.69. The van der Waals surface area contributed by atoms with Gasteiger partial charge in [-0.15, -0.1) is 0 Å². The van der Waals surface area contributed by atoms with E-state index in [-0.39, 0.29) is 6.54 Å². The Morgan fingerprint density at radius 2 is 1.75 bits per heavy atom. The number of ether oxygens (including phenoxy) is 3. The summed E-state index contributed by atoms with van der Waals surface area (Å²) in [5.74, 6) is 1.45. The SMILES string of the molecule is COc1ccc([C@H](O)CN)c(OC)c1OC. The van der Waals surface area contributed by atoms with E-state index in [1.54, 1.807) is 12.1 Å². The Labute approximate surface area is 94.7 Å². The Morgan fingerprint density at radius 1 is 1.12 bits per heavy atom. The molecule has 0 saturated carbocycles. The van der Waals surface area contributed by atoms with Gasteiger partial charge in [-0.05, 0) is 12.1 Å². The lowest BCUT2D eigenvalue weighted by molar-refractivity contribution is 0.180. The molecule has 3 N–H and O–H groups in total. The molecule has 0 radical (unpaired) electrons. The third-order valence-electron chi connectivity index (χ3n) is 2.32. The molecule has 0 heterocycles. The number of benzene rings is 1. The maximum atomic E-state index is 9.72. The predicted octanol–water partition coefficient (Wildman–Crippen LogP) is 0.705. The zero-order chi connectivity index (χ0) is 12.1. The van der Waals surface area contributed by atoms with Gasteiger partial charge in [0.1, 0.15) is 0 Å². The topological polar surface area (TPSA) is 73.9 Å². The Bertz CT molecular complexity index is 354. The molecule has 0 spiro atoms. The summed E-state index contributed by atoms with van der Waals surface area (Å²) in [7, 11) is 4.55. The summed E-state index contributed by atoms with van der Waals surface area (Å²) in [5.41, 5.74) is 6.00. The Morgan fingerprint density at radius 3 is 2.19 bits per heavy atom. The van der Waals surface area contributed by atoms with E-state index in [4.69, 9.17) is 19.9 Å². The van der Waals surface area contributed by atoms with Gasteiger partial charge in [0, 0.05) is 12.1 Å². The molecule has 90 valence electrons. The fourth-order valence-corrected chi connectivity index (χ4v) is 1.51. The van der Waals surface area contributed by atoms with Crippen molar-refractivity contribution in [2.75, 3.05) is 27.9 Å². The molecule has 0 unspecified atom stereocenters. The van der Waals surface area contributed by atoms with Crippen molar-refractivity contribution >= 4 is 0 Å². The monoisotopic (exact) mass is 227 g/mol. The van der Waals surface area contributed by atoms with Crippen LogP contribution in [0.25, 0.3) is 0 Å². The van der Waals surface area contributed by atoms with E-state index >= 15 is 0 Å². The number of rotatable bonds is 5. The van der Waals surface area contributed by atoms with Crippen LogP contribution in [0, 0.1) is 0 Å². The second kappa shape index (κ2) is 5.58. The van der Waals surface area contributed by atoms with Gasteiger partial charge in [-0.2, -0.15) is 0 Å². The smallest absolute Gasteiger partial charge is 0.203 e. The average Bonchev–Trinajstić information content (AvgIpc) is 2.35. The fraction of sp³-hybridized carbons (Fsp3) is 0.455. The minimum atomic E-state index is -0.783. The summed E-state index contributed by atoms with van der Waals surface area (Å²) in [6.07, 6.45) is -0.783. The second-order valence-corrected chi connectivity index (χ2v) is 3.18. The highest BCUT2D eigenvalue weighted by Gasteiger charge is 2.19. The Hall–Kier alpha value is -1.46. The molecule has 1 aromatic rings. The van der Waals surface area contributed by atoms with Crippen molar-refractivity contribution in [2.24, 2.45) is 5.73 Å². The molecule has 1 rings (SSSR count). The van der Waals surface area contributed by atoms with Gasteiger partial charge in [0.05, 0.1) is 27.4 Å². The highest BCUT2D eigenvalue weighted by atomic mass is 16.5. The first kappa shape index (κ1) is 12.6. The highest BCUT2D eigenvalue weighted by molar-refractivity contribution is 5.56. The van der Waals surface area contributed by atoms with Crippen molar-refractivity contribution in [3.8, 4) is 17.2 Å². The van der Waals surface area contributed by atoms with Gasteiger partial charge in [-0.1, -0.05) is 0 Å². The van der Waals surface area contributed by atoms with E-state index in [2.05, 4.69) is 0 Å². The molecule has 0 fully saturated rings. The van der Waals surface area contributed by atoms with Crippen LogP contribution in [-0.2, 0) is 0 Å². The molecular formula is C11H17NO4. The zero-order valence-corrected chi connectivity index (χ0v) is 9.69. The average molecular weight is 227 g/mol. The van der Waals surface area contributed by atoms with E-state index in [1.807, 2.05) is 0 Å². The van der Waals surface area contributed by atoms with Crippen LogP contribution in [0.2, 0.25) is 0 Å². The maximum absolute atomic E-state index is 9.72. The van der Waals surface area contributed by atoms with E-state index in [0.29, 0.717) is 22.8 Å². The third-order valence-corrected chi connectivity index (χ3v) is 2.32. The van der Waals surface area contributed by atoms with Crippen LogP contribution in [0.1, 0.15) is 11.7 Å². The molecule has 1 atom stereocenters. The molecule has 0 aliphatic rings. The van der Waals surface area contributed by atoms with Crippen molar-refractivity contribution in [3.63, 3.8) is 0 Å². The first-order valence-electron chi connectivity index (χ1n) is 4.86. The number of hydrogen-bond donors (Lipinski definition) is 2. The molecule has 16 heavy (non-hydrogen) atoms. The van der Waals surface area contributed by atoms with Crippen molar-refractivity contribution in [3.05, 3.63) is 17.7 Å². The van der Waals surface area contributed by atoms with Gasteiger partial charge in [-0.3, -0.25) is 0 Å². The van der Waals surface area contributed by atoms with Crippen molar-refractivity contribution < 1.29 is 19.3 Å². The van der Waals surface area contributed by atoms with Gasteiger partial charge in [0.15, 0.2) is 11.5 Å². The van der Waals surface area contributed by atoms with Gasteiger partial charge >= 0.3 is 0 Å². The van der Waals surface area contributed by atoms with Gasteiger partial charge < -0.3 is 25.1 Å². The highest BCUT2D eigenvalue weighted by Crippen LogP contribution is 2.41. The summed E-state index contributed by atoms with van der Waals surface area (Å²) in [5, 5.41) is 9.72. The molecule has 0 aromatic heterocycles. The van der Waals surface area contributed by atoms with Crippen LogP contribution in [0.3, 0.4) is 0 Å². The number of aliphatic hydroxyl groups is 1. The lowest BCUT2D eigenvalue weighted by Crippen LogP contribution is -2.13. The summed E-state index contributed by atoms with van der Waals surface area (Å²) < 4.78 is 15.5. The lowest BCUT2D eigenvalue weighted by Gasteiger charge is -2.18. The van der Waals surface area contributed by atoms with Crippen LogP contribution in [0.15, 0.2) is 12.1 Å². The maximum Gasteiger partial charge on any atom is 0.203 e. The predicted molar refractivity (Wildman–Crippen MR) is 60.1 cm³/mol. The van der Waals surface area contributed by atoms with Gasteiger partial charge in [-0.25, -0.2) is 0 Å².